The van der Waals surface area contributed by atoms with Gasteiger partial charge in [0, 0.05) is 12.7 Å². The first kappa shape index (κ1) is 12.2. The third-order valence-electron chi connectivity index (χ3n) is 2.77. The van der Waals surface area contributed by atoms with Crippen LogP contribution in [-0.2, 0) is 14.3 Å². The smallest absolute Gasteiger partial charge is 0.330 e. The largest absolute Gasteiger partial charge is 0.462 e. The summed E-state index contributed by atoms with van der Waals surface area (Å²) >= 11 is 0. The first-order chi connectivity index (χ1) is 7.26. The van der Waals surface area contributed by atoms with Gasteiger partial charge in [-0.1, -0.05) is 13.0 Å². The Hall–Kier alpha value is -0.830. The molecule has 3 heteroatoms. The fourth-order valence-electron chi connectivity index (χ4n) is 2.04. The highest BCUT2D eigenvalue weighted by Crippen LogP contribution is 2.26. The summed E-state index contributed by atoms with van der Waals surface area (Å²) in [6.45, 7) is 6.66. The number of carbonyl (C=O) groups is 1. The first-order valence-electron chi connectivity index (χ1n) is 5.67. The molecule has 15 heavy (non-hydrogen) atoms. The number of hydrogen-bond acceptors (Lipinski definition) is 3. The third kappa shape index (κ3) is 4.47. The van der Waals surface area contributed by atoms with E-state index in [9.17, 15) is 4.79 Å². The minimum atomic E-state index is -0.325. The summed E-state index contributed by atoms with van der Waals surface area (Å²) in [5, 5.41) is 0. The normalized spacial score (nSPS) is 25.9. The fourth-order valence-corrected chi connectivity index (χ4v) is 2.04. The highest BCUT2D eigenvalue weighted by molar-refractivity contribution is 5.81. The van der Waals surface area contributed by atoms with Crippen LogP contribution in [0, 0.1) is 5.92 Å². The highest BCUT2D eigenvalue weighted by atomic mass is 16.5. The second kappa shape index (κ2) is 6.62. The summed E-state index contributed by atoms with van der Waals surface area (Å²) < 4.78 is 10.6. The summed E-state index contributed by atoms with van der Waals surface area (Å²) in [5.74, 6) is 0.132. The predicted octanol–water partition coefficient (Wildman–Crippen LogP) is 2.31. The lowest BCUT2D eigenvalue weighted by Gasteiger charge is -2.28. The second-order valence-electron chi connectivity index (χ2n) is 3.94. The zero-order valence-corrected chi connectivity index (χ0v) is 9.41. The molecule has 0 heterocycles. The Balaban J connectivity index is 2.23. The second-order valence-corrected chi connectivity index (χ2v) is 3.94. The SMILES string of the molecule is C=CC(=O)OCC1CCCC(OCC)C1. The minimum Gasteiger partial charge on any atom is -0.462 e. The van der Waals surface area contributed by atoms with E-state index in [4.69, 9.17) is 9.47 Å². The molecule has 0 aromatic rings. The molecule has 0 bridgehead atoms. The molecule has 86 valence electrons. The van der Waals surface area contributed by atoms with Crippen molar-refractivity contribution in [2.24, 2.45) is 5.92 Å². The zero-order valence-electron chi connectivity index (χ0n) is 9.41. The van der Waals surface area contributed by atoms with Crippen molar-refractivity contribution in [1.82, 2.24) is 0 Å². The van der Waals surface area contributed by atoms with E-state index in [1.807, 2.05) is 6.92 Å². The van der Waals surface area contributed by atoms with Gasteiger partial charge in [-0.3, -0.25) is 0 Å². The maximum Gasteiger partial charge on any atom is 0.330 e. The van der Waals surface area contributed by atoms with Crippen LogP contribution in [-0.4, -0.2) is 25.3 Å². The summed E-state index contributed by atoms with van der Waals surface area (Å²) in [5.41, 5.74) is 0. The zero-order chi connectivity index (χ0) is 11.1. The third-order valence-corrected chi connectivity index (χ3v) is 2.77. The lowest BCUT2D eigenvalue weighted by molar-refractivity contribution is -0.140. The molecule has 2 atom stereocenters. The van der Waals surface area contributed by atoms with Gasteiger partial charge < -0.3 is 9.47 Å². The number of rotatable bonds is 5. The van der Waals surface area contributed by atoms with Crippen molar-refractivity contribution in [3.8, 4) is 0 Å². The van der Waals surface area contributed by atoms with Gasteiger partial charge in [-0.05, 0) is 32.1 Å². The number of ether oxygens (including phenoxy) is 2. The summed E-state index contributed by atoms with van der Waals surface area (Å²) in [7, 11) is 0. The minimum absolute atomic E-state index is 0.325. The van der Waals surface area contributed by atoms with Crippen LogP contribution in [0.2, 0.25) is 0 Å². The van der Waals surface area contributed by atoms with Crippen molar-refractivity contribution in [2.75, 3.05) is 13.2 Å². The van der Waals surface area contributed by atoms with Gasteiger partial charge in [0.2, 0.25) is 0 Å². The molecule has 1 rings (SSSR count). The Morgan fingerprint density at radius 3 is 3.00 bits per heavy atom. The van der Waals surface area contributed by atoms with Gasteiger partial charge in [-0.25, -0.2) is 4.79 Å². The molecule has 0 amide bonds. The van der Waals surface area contributed by atoms with E-state index in [-0.39, 0.29) is 5.97 Å². The Kier molecular flexibility index (Phi) is 5.40. The van der Waals surface area contributed by atoms with E-state index in [1.165, 1.54) is 12.5 Å². The molecule has 1 aliphatic rings. The van der Waals surface area contributed by atoms with E-state index in [0.717, 1.165) is 25.9 Å². The summed E-state index contributed by atoms with van der Waals surface area (Å²) in [4.78, 5) is 10.9. The highest BCUT2D eigenvalue weighted by Gasteiger charge is 2.22. The standard InChI is InChI=1S/C12H20O3/c1-3-12(13)15-9-10-6-5-7-11(8-10)14-4-2/h3,10-11H,1,4-9H2,2H3. The molecule has 0 aromatic carbocycles. The number of esters is 1. The fraction of sp³-hybridized carbons (Fsp3) is 0.750. The van der Waals surface area contributed by atoms with Gasteiger partial charge in [0.05, 0.1) is 12.7 Å². The van der Waals surface area contributed by atoms with Crippen LogP contribution < -0.4 is 0 Å². The van der Waals surface area contributed by atoms with Crippen molar-refractivity contribution in [3.05, 3.63) is 12.7 Å². The van der Waals surface area contributed by atoms with E-state index in [2.05, 4.69) is 6.58 Å². The van der Waals surface area contributed by atoms with Crippen LogP contribution >= 0.6 is 0 Å². The molecule has 0 saturated heterocycles. The Morgan fingerprint density at radius 1 is 1.53 bits per heavy atom. The quantitative estimate of drug-likeness (QED) is 0.518. The molecule has 0 radical (unpaired) electrons. The molecule has 1 fully saturated rings. The van der Waals surface area contributed by atoms with Gasteiger partial charge in [0.1, 0.15) is 0 Å². The van der Waals surface area contributed by atoms with Crippen molar-refractivity contribution in [2.45, 2.75) is 38.7 Å². The molecule has 3 nitrogen and oxygen atoms in total. The Bertz CT molecular complexity index is 211. The topological polar surface area (TPSA) is 35.5 Å². The van der Waals surface area contributed by atoms with Gasteiger partial charge in [-0.15, -0.1) is 0 Å². The summed E-state index contributed by atoms with van der Waals surface area (Å²) in [6.07, 6.45) is 6.02. The molecule has 1 saturated carbocycles. The van der Waals surface area contributed by atoms with Gasteiger partial charge in [0.25, 0.3) is 0 Å². The summed E-state index contributed by atoms with van der Waals surface area (Å²) in [6, 6.07) is 0. The number of hydrogen-bond donors (Lipinski definition) is 0. The molecule has 0 spiro atoms. The van der Waals surface area contributed by atoms with Crippen molar-refractivity contribution in [3.63, 3.8) is 0 Å². The average molecular weight is 212 g/mol. The lowest BCUT2D eigenvalue weighted by atomic mass is 9.88. The van der Waals surface area contributed by atoms with Gasteiger partial charge >= 0.3 is 5.97 Å². The van der Waals surface area contributed by atoms with E-state index >= 15 is 0 Å². The number of carbonyl (C=O) groups excluding carboxylic acids is 1. The van der Waals surface area contributed by atoms with Gasteiger partial charge in [0.15, 0.2) is 0 Å². The lowest BCUT2D eigenvalue weighted by Crippen LogP contribution is -2.26. The van der Waals surface area contributed by atoms with E-state index in [0.29, 0.717) is 18.6 Å². The molecular formula is C12H20O3. The maximum atomic E-state index is 10.9. The maximum absolute atomic E-state index is 10.9. The predicted molar refractivity (Wildman–Crippen MR) is 58.5 cm³/mol. The molecule has 0 N–H and O–H groups in total. The molecule has 1 aliphatic carbocycles. The van der Waals surface area contributed by atoms with E-state index < -0.39 is 0 Å². The van der Waals surface area contributed by atoms with Crippen LogP contribution in [0.15, 0.2) is 12.7 Å². The van der Waals surface area contributed by atoms with Crippen LogP contribution in [0.5, 0.6) is 0 Å². The van der Waals surface area contributed by atoms with Crippen LogP contribution in [0.25, 0.3) is 0 Å². The molecule has 0 aromatic heterocycles. The Labute approximate surface area is 91.4 Å². The van der Waals surface area contributed by atoms with Crippen molar-refractivity contribution < 1.29 is 14.3 Å². The molecular weight excluding hydrogens is 192 g/mol. The van der Waals surface area contributed by atoms with Crippen molar-refractivity contribution in [1.29, 1.82) is 0 Å². The first-order valence-corrected chi connectivity index (χ1v) is 5.67. The van der Waals surface area contributed by atoms with E-state index in [1.54, 1.807) is 0 Å². The van der Waals surface area contributed by atoms with Crippen LogP contribution in [0.4, 0.5) is 0 Å². The molecule has 0 aliphatic heterocycles. The van der Waals surface area contributed by atoms with Gasteiger partial charge in [-0.2, -0.15) is 0 Å². The van der Waals surface area contributed by atoms with Crippen LogP contribution in [0.1, 0.15) is 32.6 Å². The van der Waals surface area contributed by atoms with Crippen LogP contribution in [0.3, 0.4) is 0 Å². The van der Waals surface area contributed by atoms with Crippen molar-refractivity contribution >= 4 is 5.97 Å². The Morgan fingerprint density at radius 2 is 2.33 bits per heavy atom. The average Bonchev–Trinajstić information content (AvgIpc) is 2.27. The molecule has 2 unspecified atom stereocenters. The monoisotopic (exact) mass is 212 g/mol.